The van der Waals surface area contributed by atoms with Crippen molar-refractivity contribution in [3.05, 3.63) is 24.0 Å². The molecule has 1 aromatic rings. The van der Waals surface area contributed by atoms with Gasteiger partial charge in [0, 0.05) is 13.1 Å². The van der Waals surface area contributed by atoms with E-state index >= 15 is 0 Å². The second-order valence-electron chi connectivity index (χ2n) is 4.38. The summed E-state index contributed by atoms with van der Waals surface area (Å²) >= 11 is 0. The molecule has 16 heavy (non-hydrogen) atoms. The van der Waals surface area contributed by atoms with Crippen molar-refractivity contribution in [2.75, 3.05) is 18.0 Å². The molecule has 1 N–H and O–H groups in total. The number of rotatable bonds is 2. The van der Waals surface area contributed by atoms with Gasteiger partial charge < -0.3 is 10.0 Å². The number of carboxylic acid groups (broad SMARTS) is 1. The molecule has 0 atom stereocenters. The standard InChI is InChI=1S/C12H16N2O2/c1-9-4-6-14(7-5-9)10-2-3-11(12(15)16)13-8-10/h2-3,8-9H,4-7H2,1H3,(H,15,16). The first-order valence-electron chi connectivity index (χ1n) is 5.61. The molecule has 0 amide bonds. The van der Waals surface area contributed by atoms with E-state index in [-0.39, 0.29) is 5.69 Å². The lowest BCUT2D eigenvalue weighted by Gasteiger charge is -2.31. The Kier molecular flexibility index (Phi) is 3.08. The molecule has 4 heteroatoms. The van der Waals surface area contributed by atoms with E-state index in [9.17, 15) is 4.79 Å². The summed E-state index contributed by atoms with van der Waals surface area (Å²) in [6, 6.07) is 3.40. The summed E-state index contributed by atoms with van der Waals surface area (Å²) in [5, 5.41) is 8.74. The highest BCUT2D eigenvalue weighted by Crippen LogP contribution is 2.22. The Balaban J connectivity index is 2.07. The fourth-order valence-corrected chi connectivity index (χ4v) is 1.97. The average Bonchev–Trinajstić information content (AvgIpc) is 2.30. The molecule has 0 radical (unpaired) electrons. The molecule has 4 nitrogen and oxygen atoms in total. The molecule has 0 unspecified atom stereocenters. The van der Waals surface area contributed by atoms with Gasteiger partial charge in [-0.25, -0.2) is 9.78 Å². The van der Waals surface area contributed by atoms with Crippen LogP contribution in [0.4, 0.5) is 5.69 Å². The molecule has 1 aromatic heterocycles. The Labute approximate surface area is 94.9 Å². The first-order valence-corrected chi connectivity index (χ1v) is 5.61. The van der Waals surface area contributed by atoms with Crippen molar-refractivity contribution in [3.8, 4) is 0 Å². The van der Waals surface area contributed by atoms with Crippen molar-refractivity contribution in [3.63, 3.8) is 0 Å². The summed E-state index contributed by atoms with van der Waals surface area (Å²) in [6.45, 7) is 4.34. The molecule has 0 spiro atoms. The quantitative estimate of drug-likeness (QED) is 0.828. The molecular formula is C12H16N2O2. The summed E-state index contributed by atoms with van der Waals surface area (Å²) in [4.78, 5) is 16.8. The molecule has 0 aliphatic carbocycles. The summed E-state index contributed by atoms with van der Waals surface area (Å²) in [7, 11) is 0. The van der Waals surface area contributed by atoms with E-state index in [4.69, 9.17) is 5.11 Å². The predicted molar refractivity (Wildman–Crippen MR) is 61.8 cm³/mol. The minimum atomic E-state index is -0.973. The average molecular weight is 220 g/mol. The van der Waals surface area contributed by atoms with Crippen molar-refractivity contribution in [1.29, 1.82) is 0 Å². The van der Waals surface area contributed by atoms with E-state index < -0.39 is 5.97 Å². The Morgan fingerprint density at radius 2 is 2.12 bits per heavy atom. The lowest BCUT2D eigenvalue weighted by atomic mass is 9.99. The third kappa shape index (κ3) is 2.32. The maximum atomic E-state index is 10.7. The number of aromatic nitrogens is 1. The number of carboxylic acids is 1. The van der Waals surface area contributed by atoms with Crippen LogP contribution >= 0.6 is 0 Å². The molecule has 2 rings (SSSR count). The van der Waals surface area contributed by atoms with Crippen molar-refractivity contribution in [1.82, 2.24) is 4.98 Å². The van der Waals surface area contributed by atoms with Gasteiger partial charge in [0.15, 0.2) is 0 Å². The van der Waals surface area contributed by atoms with Gasteiger partial charge in [-0.15, -0.1) is 0 Å². The van der Waals surface area contributed by atoms with Gasteiger partial charge in [-0.1, -0.05) is 6.92 Å². The Morgan fingerprint density at radius 3 is 2.62 bits per heavy atom. The van der Waals surface area contributed by atoms with Crippen LogP contribution in [0.2, 0.25) is 0 Å². The first-order chi connectivity index (χ1) is 7.66. The second-order valence-corrected chi connectivity index (χ2v) is 4.38. The van der Waals surface area contributed by atoms with E-state index in [2.05, 4.69) is 16.8 Å². The van der Waals surface area contributed by atoms with Gasteiger partial charge in [0.1, 0.15) is 5.69 Å². The summed E-state index contributed by atoms with van der Waals surface area (Å²) in [5.41, 5.74) is 1.13. The molecule has 0 saturated carbocycles. The maximum Gasteiger partial charge on any atom is 0.354 e. The topological polar surface area (TPSA) is 53.4 Å². The van der Waals surface area contributed by atoms with Crippen LogP contribution in [0.1, 0.15) is 30.3 Å². The van der Waals surface area contributed by atoms with Crippen LogP contribution in [-0.4, -0.2) is 29.1 Å². The fourth-order valence-electron chi connectivity index (χ4n) is 1.97. The van der Waals surface area contributed by atoms with Gasteiger partial charge in [0.25, 0.3) is 0 Å². The minimum absolute atomic E-state index is 0.106. The van der Waals surface area contributed by atoms with E-state index in [1.807, 2.05) is 6.07 Å². The minimum Gasteiger partial charge on any atom is -0.477 e. The molecule has 1 aliphatic heterocycles. The van der Waals surface area contributed by atoms with Gasteiger partial charge in [-0.05, 0) is 30.9 Å². The van der Waals surface area contributed by atoms with Crippen molar-refractivity contribution < 1.29 is 9.90 Å². The van der Waals surface area contributed by atoms with Crippen molar-refractivity contribution in [2.45, 2.75) is 19.8 Å². The van der Waals surface area contributed by atoms with E-state index in [0.717, 1.165) is 24.7 Å². The fraction of sp³-hybridized carbons (Fsp3) is 0.500. The molecule has 86 valence electrons. The monoisotopic (exact) mass is 220 g/mol. The van der Waals surface area contributed by atoms with Crippen molar-refractivity contribution in [2.24, 2.45) is 5.92 Å². The Morgan fingerprint density at radius 1 is 1.44 bits per heavy atom. The van der Waals surface area contributed by atoms with E-state index in [1.165, 1.54) is 12.8 Å². The third-order valence-corrected chi connectivity index (χ3v) is 3.12. The summed E-state index contributed by atoms with van der Waals surface area (Å²) in [6.07, 6.45) is 4.04. The van der Waals surface area contributed by atoms with E-state index in [0.29, 0.717) is 0 Å². The van der Waals surface area contributed by atoms with Crippen LogP contribution in [0.5, 0.6) is 0 Å². The maximum absolute atomic E-state index is 10.7. The number of anilines is 1. The van der Waals surface area contributed by atoms with Gasteiger partial charge in [-0.3, -0.25) is 0 Å². The zero-order valence-corrected chi connectivity index (χ0v) is 9.39. The largest absolute Gasteiger partial charge is 0.477 e. The smallest absolute Gasteiger partial charge is 0.354 e. The van der Waals surface area contributed by atoms with Crippen LogP contribution in [0.15, 0.2) is 18.3 Å². The van der Waals surface area contributed by atoms with Crippen molar-refractivity contribution >= 4 is 11.7 Å². The number of hydrogen-bond donors (Lipinski definition) is 1. The van der Waals surface area contributed by atoms with Crippen LogP contribution in [-0.2, 0) is 0 Å². The van der Waals surface area contributed by atoms with Gasteiger partial charge in [0.2, 0.25) is 0 Å². The summed E-state index contributed by atoms with van der Waals surface area (Å²) < 4.78 is 0. The van der Waals surface area contributed by atoms with Crippen LogP contribution in [0.3, 0.4) is 0 Å². The van der Waals surface area contributed by atoms with E-state index in [1.54, 1.807) is 12.3 Å². The van der Waals surface area contributed by atoms with Gasteiger partial charge >= 0.3 is 5.97 Å². The Hall–Kier alpha value is -1.58. The molecule has 0 aromatic carbocycles. The second kappa shape index (κ2) is 4.51. The molecule has 1 fully saturated rings. The van der Waals surface area contributed by atoms with Crippen LogP contribution in [0.25, 0.3) is 0 Å². The zero-order valence-electron chi connectivity index (χ0n) is 9.39. The van der Waals surface area contributed by atoms with Crippen LogP contribution < -0.4 is 4.90 Å². The Bertz CT molecular complexity index is 367. The first kappa shape index (κ1) is 10.9. The molecule has 0 bridgehead atoms. The number of piperidine rings is 1. The summed E-state index contributed by atoms with van der Waals surface area (Å²) in [5.74, 6) is -0.179. The third-order valence-electron chi connectivity index (χ3n) is 3.12. The molecule has 1 saturated heterocycles. The van der Waals surface area contributed by atoms with Gasteiger partial charge in [0.05, 0.1) is 11.9 Å². The number of carbonyl (C=O) groups is 1. The molecule has 1 aliphatic rings. The molecular weight excluding hydrogens is 204 g/mol. The number of hydrogen-bond acceptors (Lipinski definition) is 3. The zero-order chi connectivity index (χ0) is 11.5. The molecule has 2 heterocycles. The lowest BCUT2D eigenvalue weighted by Crippen LogP contribution is -2.32. The number of pyridine rings is 1. The highest BCUT2D eigenvalue weighted by Gasteiger charge is 2.16. The number of nitrogens with zero attached hydrogens (tertiary/aromatic N) is 2. The predicted octanol–water partition coefficient (Wildman–Crippen LogP) is 2.02. The highest BCUT2D eigenvalue weighted by molar-refractivity contribution is 5.85. The SMILES string of the molecule is CC1CCN(c2ccc(C(=O)O)nc2)CC1. The lowest BCUT2D eigenvalue weighted by molar-refractivity contribution is 0.0690. The van der Waals surface area contributed by atoms with Crippen LogP contribution in [0, 0.1) is 5.92 Å². The van der Waals surface area contributed by atoms with Gasteiger partial charge in [-0.2, -0.15) is 0 Å². The normalized spacial score (nSPS) is 17.4. The highest BCUT2D eigenvalue weighted by atomic mass is 16.4. The number of aromatic carboxylic acids is 1.